The first kappa shape index (κ1) is 15.3. The van der Waals surface area contributed by atoms with Crippen molar-refractivity contribution in [2.75, 3.05) is 13.1 Å². The Labute approximate surface area is 126 Å². The summed E-state index contributed by atoms with van der Waals surface area (Å²) in [6.45, 7) is 1.88. The fraction of sp³-hybridized carbons (Fsp3) is 0.714. The number of alkyl halides is 3. The van der Waals surface area contributed by atoms with Gasteiger partial charge in [-0.1, -0.05) is 6.42 Å². The summed E-state index contributed by atoms with van der Waals surface area (Å²) in [6.07, 6.45) is 1.06. The molecule has 5 nitrogen and oxygen atoms in total. The van der Waals surface area contributed by atoms with Crippen molar-refractivity contribution in [3.05, 3.63) is 18.0 Å². The first-order valence-corrected chi connectivity index (χ1v) is 7.57. The predicted octanol–water partition coefficient (Wildman–Crippen LogP) is 1.64. The summed E-state index contributed by atoms with van der Waals surface area (Å²) in [7, 11) is 0. The lowest BCUT2D eigenvalue weighted by Gasteiger charge is -2.32. The number of fused-ring (bicyclic) bond motifs is 1. The molecule has 0 aromatic carbocycles. The molecule has 3 heterocycles. The number of carbonyl (C=O) groups excluding carboxylic acids is 1. The fourth-order valence-electron chi connectivity index (χ4n) is 3.42. The van der Waals surface area contributed by atoms with Gasteiger partial charge in [0.1, 0.15) is 6.54 Å². The van der Waals surface area contributed by atoms with Crippen LogP contribution < -0.4 is 5.32 Å². The summed E-state index contributed by atoms with van der Waals surface area (Å²) in [5.74, 6) is -0.283. The summed E-state index contributed by atoms with van der Waals surface area (Å²) in [4.78, 5) is 14.4. The monoisotopic (exact) mass is 316 g/mol. The van der Waals surface area contributed by atoms with Crippen LogP contribution in [0.15, 0.2) is 12.3 Å². The zero-order chi connectivity index (χ0) is 15.7. The smallest absolute Gasteiger partial charge is 0.350 e. The summed E-state index contributed by atoms with van der Waals surface area (Å²) >= 11 is 0. The van der Waals surface area contributed by atoms with E-state index >= 15 is 0 Å². The highest BCUT2D eigenvalue weighted by molar-refractivity contribution is 5.76. The van der Waals surface area contributed by atoms with Gasteiger partial charge in [-0.2, -0.15) is 18.3 Å². The molecular weight excluding hydrogens is 297 g/mol. The van der Waals surface area contributed by atoms with Gasteiger partial charge in [0.2, 0.25) is 5.91 Å². The Bertz CT molecular complexity index is 542. The van der Waals surface area contributed by atoms with Crippen LogP contribution >= 0.6 is 0 Å². The molecule has 122 valence electrons. The van der Waals surface area contributed by atoms with E-state index in [1.54, 1.807) is 0 Å². The van der Waals surface area contributed by atoms with Crippen molar-refractivity contribution in [1.29, 1.82) is 0 Å². The van der Waals surface area contributed by atoms with E-state index in [4.69, 9.17) is 0 Å². The number of nitrogens with zero attached hydrogens (tertiary/aromatic N) is 3. The highest BCUT2D eigenvalue weighted by Gasteiger charge is 2.36. The fourth-order valence-corrected chi connectivity index (χ4v) is 3.42. The van der Waals surface area contributed by atoms with E-state index in [2.05, 4.69) is 15.3 Å². The maximum atomic E-state index is 12.5. The molecule has 0 spiro atoms. The van der Waals surface area contributed by atoms with Gasteiger partial charge in [0.25, 0.3) is 0 Å². The van der Waals surface area contributed by atoms with Crippen molar-refractivity contribution in [2.24, 2.45) is 0 Å². The van der Waals surface area contributed by atoms with E-state index in [9.17, 15) is 18.0 Å². The van der Waals surface area contributed by atoms with Gasteiger partial charge in [0, 0.05) is 24.8 Å². The number of halogens is 3. The predicted molar refractivity (Wildman–Crippen MR) is 73.0 cm³/mol. The summed E-state index contributed by atoms with van der Waals surface area (Å²) in [6, 6.07) is 1.36. The van der Waals surface area contributed by atoms with Crippen LogP contribution in [0.4, 0.5) is 13.2 Å². The number of hydrogen-bond acceptors (Lipinski definition) is 3. The molecule has 22 heavy (non-hydrogen) atoms. The van der Waals surface area contributed by atoms with E-state index in [0.29, 0.717) is 6.04 Å². The molecule has 1 amide bonds. The van der Waals surface area contributed by atoms with Crippen molar-refractivity contribution < 1.29 is 18.0 Å². The summed E-state index contributed by atoms with van der Waals surface area (Å²) in [5, 5.41) is 6.35. The molecule has 2 aliphatic rings. The third kappa shape index (κ3) is 3.26. The van der Waals surface area contributed by atoms with Crippen LogP contribution in [0.2, 0.25) is 0 Å². The summed E-state index contributed by atoms with van der Waals surface area (Å²) < 4.78 is 38.4. The minimum Gasteiger partial charge on any atom is -0.350 e. The SMILES string of the molecule is O=C(Cn1ccc(C(F)(F)F)n1)N[C@@H]1CCN2CCCC[C@H]12. The van der Waals surface area contributed by atoms with Crippen molar-refractivity contribution >= 4 is 5.91 Å². The second-order valence-corrected chi connectivity index (χ2v) is 5.96. The zero-order valence-corrected chi connectivity index (χ0v) is 12.1. The van der Waals surface area contributed by atoms with Crippen LogP contribution in [-0.4, -0.2) is 45.8 Å². The lowest BCUT2D eigenvalue weighted by atomic mass is 9.99. The van der Waals surface area contributed by atoms with Crippen LogP contribution in [0.5, 0.6) is 0 Å². The molecule has 1 aromatic rings. The molecule has 3 rings (SSSR count). The Morgan fingerprint density at radius 2 is 2.14 bits per heavy atom. The maximum absolute atomic E-state index is 12.5. The normalized spacial score (nSPS) is 26.0. The molecule has 1 N–H and O–H groups in total. The van der Waals surface area contributed by atoms with Crippen LogP contribution in [0, 0.1) is 0 Å². The van der Waals surface area contributed by atoms with Gasteiger partial charge >= 0.3 is 6.18 Å². The molecule has 0 aliphatic carbocycles. The molecule has 8 heteroatoms. The molecule has 2 saturated heterocycles. The zero-order valence-electron chi connectivity index (χ0n) is 12.1. The lowest BCUT2D eigenvalue weighted by Crippen LogP contribution is -2.47. The Balaban J connectivity index is 1.55. The van der Waals surface area contributed by atoms with Gasteiger partial charge in [0.15, 0.2) is 5.69 Å². The minimum absolute atomic E-state index is 0.102. The molecule has 0 unspecified atom stereocenters. The van der Waals surface area contributed by atoms with Gasteiger partial charge in [-0.05, 0) is 31.9 Å². The van der Waals surface area contributed by atoms with Crippen molar-refractivity contribution in [3.63, 3.8) is 0 Å². The number of carbonyl (C=O) groups is 1. The molecule has 2 aliphatic heterocycles. The summed E-state index contributed by atoms with van der Waals surface area (Å²) in [5.41, 5.74) is -0.973. The first-order chi connectivity index (χ1) is 10.4. The molecule has 2 atom stereocenters. The molecular formula is C14H19F3N4O. The third-order valence-electron chi connectivity index (χ3n) is 4.44. The third-order valence-corrected chi connectivity index (χ3v) is 4.44. The lowest BCUT2D eigenvalue weighted by molar-refractivity contribution is -0.141. The minimum atomic E-state index is -4.48. The van der Waals surface area contributed by atoms with Gasteiger partial charge < -0.3 is 5.32 Å². The Kier molecular flexibility index (Phi) is 4.12. The largest absolute Gasteiger partial charge is 0.435 e. The number of aromatic nitrogens is 2. The molecule has 0 bridgehead atoms. The van der Waals surface area contributed by atoms with Crippen LogP contribution in [0.25, 0.3) is 0 Å². The van der Waals surface area contributed by atoms with E-state index in [-0.39, 0.29) is 18.5 Å². The van der Waals surface area contributed by atoms with Crippen molar-refractivity contribution in [3.8, 4) is 0 Å². The van der Waals surface area contributed by atoms with Crippen LogP contribution in [0.3, 0.4) is 0 Å². The van der Waals surface area contributed by atoms with E-state index in [1.165, 1.54) is 19.0 Å². The molecule has 0 saturated carbocycles. The highest BCUT2D eigenvalue weighted by Crippen LogP contribution is 2.28. The number of rotatable bonds is 3. The topological polar surface area (TPSA) is 50.2 Å². The molecule has 2 fully saturated rings. The Morgan fingerprint density at radius 1 is 1.32 bits per heavy atom. The van der Waals surface area contributed by atoms with Gasteiger partial charge in [0.05, 0.1) is 0 Å². The Hall–Kier alpha value is -1.57. The standard InChI is InChI=1S/C14H19F3N4O/c15-14(16,17)12-5-8-21(19-12)9-13(22)18-10-4-7-20-6-2-1-3-11(10)20/h5,8,10-11H,1-4,6-7,9H2,(H,18,22)/t10-,11-/m1/s1. The number of hydrogen-bond donors (Lipinski definition) is 1. The first-order valence-electron chi connectivity index (χ1n) is 7.57. The second kappa shape index (κ2) is 5.91. The average Bonchev–Trinajstić information content (AvgIpc) is 3.06. The van der Waals surface area contributed by atoms with Crippen LogP contribution in [-0.2, 0) is 17.5 Å². The van der Waals surface area contributed by atoms with Crippen molar-refractivity contribution in [1.82, 2.24) is 20.0 Å². The maximum Gasteiger partial charge on any atom is 0.435 e. The number of amides is 1. The van der Waals surface area contributed by atoms with E-state index in [0.717, 1.165) is 36.7 Å². The number of nitrogens with one attached hydrogen (secondary N) is 1. The van der Waals surface area contributed by atoms with E-state index in [1.807, 2.05) is 0 Å². The average molecular weight is 316 g/mol. The van der Waals surface area contributed by atoms with Crippen molar-refractivity contribution in [2.45, 2.75) is 50.5 Å². The van der Waals surface area contributed by atoms with Gasteiger partial charge in [-0.25, -0.2) is 0 Å². The highest BCUT2D eigenvalue weighted by atomic mass is 19.4. The van der Waals surface area contributed by atoms with E-state index < -0.39 is 11.9 Å². The second-order valence-electron chi connectivity index (χ2n) is 5.96. The molecule has 1 aromatic heterocycles. The van der Waals surface area contributed by atoms with Gasteiger partial charge in [-0.15, -0.1) is 0 Å². The quantitative estimate of drug-likeness (QED) is 0.922. The number of piperidine rings is 1. The molecule has 0 radical (unpaired) electrons. The van der Waals surface area contributed by atoms with Crippen LogP contribution in [0.1, 0.15) is 31.4 Å². The van der Waals surface area contributed by atoms with Gasteiger partial charge in [-0.3, -0.25) is 14.4 Å². The Morgan fingerprint density at radius 3 is 2.86 bits per heavy atom.